The van der Waals surface area contributed by atoms with Gasteiger partial charge in [0.1, 0.15) is 5.78 Å². The lowest BCUT2D eigenvalue weighted by molar-refractivity contribution is -0.396. The summed E-state index contributed by atoms with van der Waals surface area (Å²) < 4.78 is 0. The molecule has 0 spiro atoms. The van der Waals surface area contributed by atoms with E-state index in [-0.39, 0.29) is 17.8 Å². The van der Waals surface area contributed by atoms with Gasteiger partial charge in [0.15, 0.2) is 0 Å². The van der Waals surface area contributed by atoms with E-state index < -0.39 is 27.0 Å². The number of carbonyl (C=O) groups is 1. The second-order valence-corrected chi connectivity index (χ2v) is 3.38. The van der Waals surface area contributed by atoms with Crippen LogP contribution < -0.4 is 0 Å². The van der Waals surface area contributed by atoms with E-state index in [1.807, 2.05) is 0 Å². The molecule has 8 heteroatoms. The molecule has 0 aliphatic carbocycles. The van der Waals surface area contributed by atoms with Gasteiger partial charge in [-0.05, 0) is 12.5 Å². The molecule has 0 bridgehead atoms. The summed E-state index contributed by atoms with van der Waals surface area (Å²) in [7, 11) is 0. The number of nitro benzene ring substituents is 2. The first kappa shape index (κ1) is 12.6. The predicted molar refractivity (Wildman–Crippen MR) is 55.8 cm³/mol. The van der Waals surface area contributed by atoms with Crippen LogP contribution in [0.2, 0.25) is 0 Å². The van der Waals surface area contributed by atoms with Gasteiger partial charge in [-0.1, -0.05) is 0 Å². The topological polar surface area (TPSA) is 124 Å². The van der Waals surface area contributed by atoms with E-state index in [0.29, 0.717) is 0 Å². The van der Waals surface area contributed by atoms with Gasteiger partial charge in [-0.15, -0.1) is 0 Å². The van der Waals surface area contributed by atoms with E-state index in [4.69, 9.17) is 0 Å². The molecule has 90 valence electrons. The average Bonchev–Trinajstić information content (AvgIpc) is 2.18. The van der Waals surface area contributed by atoms with Crippen molar-refractivity contribution in [1.82, 2.24) is 0 Å². The van der Waals surface area contributed by atoms with Crippen molar-refractivity contribution in [3.05, 3.63) is 37.9 Å². The molecular formula is C9H8N2O6. The number of carbonyl (C=O) groups excluding carboxylic acids is 1. The zero-order valence-corrected chi connectivity index (χ0v) is 8.74. The van der Waals surface area contributed by atoms with Crippen LogP contribution in [0.1, 0.15) is 12.5 Å². The summed E-state index contributed by atoms with van der Waals surface area (Å²) in [5.74, 6) is -1.30. The number of nitro groups is 2. The first-order valence-corrected chi connectivity index (χ1v) is 4.47. The predicted octanol–water partition coefficient (Wildman–Crippen LogP) is 1.34. The van der Waals surface area contributed by atoms with Gasteiger partial charge in [-0.2, -0.15) is 0 Å². The molecule has 0 heterocycles. The fraction of sp³-hybridized carbons (Fsp3) is 0.222. The molecule has 1 N–H and O–H groups in total. The van der Waals surface area contributed by atoms with Gasteiger partial charge in [-0.3, -0.25) is 25.0 Å². The van der Waals surface area contributed by atoms with Crippen LogP contribution in [0.3, 0.4) is 0 Å². The molecule has 0 aromatic heterocycles. The minimum atomic E-state index is -1.01. The monoisotopic (exact) mass is 240 g/mol. The summed E-state index contributed by atoms with van der Waals surface area (Å²) in [5.41, 5.74) is -1.44. The van der Waals surface area contributed by atoms with E-state index in [0.717, 1.165) is 12.1 Å². The third-order valence-corrected chi connectivity index (χ3v) is 1.98. The normalized spacial score (nSPS) is 9.94. The molecule has 0 aliphatic heterocycles. The largest absolute Gasteiger partial charge is 0.497 e. The highest BCUT2D eigenvalue weighted by Gasteiger charge is 2.26. The Hall–Kier alpha value is -2.51. The zero-order valence-electron chi connectivity index (χ0n) is 8.74. The number of aromatic hydroxyl groups is 1. The number of phenols is 1. The van der Waals surface area contributed by atoms with Gasteiger partial charge in [0, 0.05) is 18.6 Å². The van der Waals surface area contributed by atoms with Gasteiger partial charge < -0.3 is 5.11 Å². The maximum absolute atomic E-state index is 10.9. The van der Waals surface area contributed by atoms with Gasteiger partial charge in [0.25, 0.3) is 5.75 Å². The van der Waals surface area contributed by atoms with E-state index in [1.54, 1.807) is 0 Å². The second-order valence-electron chi connectivity index (χ2n) is 3.38. The second kappa shape index (κ2) is 4.56. The van der Waals surface area contributed by atoms with Crippen molar-refractivity contribution in [1.29, 1.82) is 0 Å². The van der Waals surface area contributed by atoms with Crippen LogP contribution in [-0.4, -0.2) is 20.7 Å². The highest BCUT2D eigenvalue weighted by Crippen LogP contribution is 2.36. The zero-order chi connectivity index (χ0) is 13.2. The molecule has 0 saturated carbocycles. The Balaban J connectivity index is 3.41. The molecule has 0 fully saturated rings. The fourth-order valence-corrected chi connectivity index (χ4v) is 1.33. The summed E-state index contributed by atoms with van der Waals surface area (Å²) in [4.78, 5) is 30.1. The van der Waals surface area contributed by atoms with Gasteiger partial charge >= 0.3 is 11.4 Å². The Kier molecular flexibility index (Phi) is 3.37. The lowest BCUT2D eigenvalue weighted by Crippen LogP contribution is -2.00. The lowest BCUT2D eigenvalue weighted by Gasteiger charge is -2.01. The van der Waals surface area contributed by atoms with Crippen molar-refractivity contribution in [3.63, 3.8) is 0 Å². The first-order chi connectivity index (χ1) is 7.82. The average molecular weight is 240 g/mol. The van der Waals surface area contributed by atoms with Crippen LogP contribution >= 0.6 is 0 Å². The number of hydrogen-bond donors (Lipinski definition) is 1. The van der Waals surface area contributed by atoms with Crippen molar-refractivity contribution in [2.45, 2.75) is 13.3 Å². The Morgan fingerprint density at radius 3 is 1.94 bits per heavy atom. The minimum absolute atomic E-state index is 0.119. The Morgan fingerprint density at radius 1 is 1.24 bits per heavy atom. The number of ketones is 1. The van der Waals surface area contributed by atoms with E-state index in [9.17, 15) is 30.1 Å². The standard InChI is InChI=1S/C9H8N2O6/c1-5(12)2-6-3-7(10(14)15)9(13)8(4-6)11(16)17/h3-4,13H,2H2,1H3. The van der Waals surface area contributed by atoms with Crippen molar-refractivity contribution < 1.29 is 19.7 Å². The van der Waals surface area contributed by atoms with Crippen LogP contribution in [0.5, 0.6) is 5.75 Å². The maximum Gasteiger partial charge on any atom is 0.318 e. The number of hydrogen-bond acceptors (Lipinski definition) is 6. The van der Waals surface area contributed by atoms with Gasteiger partial charge in [-0.25, -0.2) is 0 Å². The van der Waals surface area contributed by atoms with Crippen LogP contribution in [0.15, 0.2) is 12.1 Å². The molecule has 0 unspecified atom stereocenters. The van der Waals surface area contributed by atoms with Crippen molar-refractivity contribution in [3.8, 4) is 5.75 Å². The molecule has 1 aromatic carbocycles. The summed E-state index contributed by atoms with van der Waals surface area (Å²) in [6, 6.07) is 1.90. The van der Waals surface area contributed by atoms with E-state index >= 15 is 0 Å². The third-order valence-electron chi connectivity index (χ3n) is 1.98. The number of nitrogens with zero attached hydrogens (tertiary/aromatic N) is 2. The SMILES string of the molecule is CC(=O)Cc1cc([N+](=O)[O-])c(O)c([N+](=O)[O-])c1. The molecule has 0 aliphatic rings. The highest BCUT2D eigenvalue weighted by atomic mass is 16.6. The maximum atomic E-state index is 10.9. The van der Waals surface area contributed by atoms with Crippen LogP contribution in [0.4, 0.5) is 11.4 Å². The van der Waals surface area contributed by atoms with E-state index in [1.165, 1.54) is 6.92 Å². The van der Waals surface area contributed by atoms with Crippen molar-refractivity contribution in [2.24, 2.45) is 0 Å². The Morgan fingerprint density at radius 2 is 1.65 bits per heavy atom. The highest BCUT2D eigenvalue weighted by molar-refractivity contribution is 5.79. The van der Waals surface area contributed by atoms with Crippen LogP contribution in [-0.2, 0) is 11.2 Å². The minimum Gasteiger partial charge on any atom is -0.497 e. The molecule has 8 nitrogen and oxygen atoms in total. The summed E-state index contributed by atoms with van der Waals surface area (Å²) in [5, 5.41) is 30.5. The number of rotatable bonds is 4. The van der Waals surface area contributed by atoms with Crippen LogP contribution in [0.25, 0.3) is 0 Å². The molecule has 0 amide bonds. The molecule has 17 heavy (non-hydrogen) atoms. The number of Topliss-reactive ketones (excluding diaryl/α,β-unsaturated/α-hetero) is 1. The number of phenolic OH excluding ortho intramolecular Hbond substituents is 1. The summed E-state index contributed by atoms with van der Waals surface area (Å²) >= 11 is 0. The van der Waals surface area contributed by atoms with Gasteiger partial charge in [0.05, 0.1) is 9.85 Å². The third kappa shape index (κ3) is 2.74. The molecule has 0 saturated heterocycles. The Bertz CT molecular complexity index is 475. The van der Waals surface area contributed by atoms with E-state index in [2.05, 4.69) is 0 Å². The van der Waals surface area contributed by atoms with Crippen molar-refractivity contribution >= 4 is 17.2 Å². The van der Waals surface area contributed by atoms with Gasteiger partial charge in [0.2, 0.25) is 0 Å². The summed E-state index contributed by atoms with van der Waals surface area (Å²) in [6.45, 7) is 1.25. The Labute approximate surface area is 94.8 Å². The molecule has 0 radical (unpaired) electrons. The molecule has 1 rings (SSSR count). The fourth-order valence-electron chi connectivity index (χ4n) is 1.33. The quantitative estimate of drug-likeness (QED) is 0.625. The first-order valence-electron chi connectivity index (χ1n) is 4.47. The molecule has 0 atom stereocenters. The summed E-state index contributed by atoms with van der Waals surface area (Å²) in [6.07, 6.45) is -0.165. The lowest BCUT2D eigenvalue weighted by atomic mass is 10.1. The smallest absolute Gasteiger partial charge is 0.318 e. The number of benzene rings is 1. The molecular weight excluding hydrogens is 232 g/mol. The van der Waals surface area contributed by atoms with Crippen molar-refractivity contribution in [2.75, 3.05) is 0 Å². The molecule has 1 aromatic rings. The van der Waals surface area contributed by atoms with Crippen LogP contribution in [0, 0.1) is 20.2 Å².